The molecule has 2 amide bonds. The predicted molar refractivity (Wildman–Crippen MR) is 74.9 cm³/mol. The molecule has 9 heteroatoms. The van der Waals surface area contributed by atoms with Crippen LogP contribution in [0, 0.1) is 10.1 Å². The SMILES string of the molecule is CCCCOC(=O)N(C(=O)O)c1ccc([N+](=O)[O-])cc1Cl. The number of halogens is 1. The minimum absolute atomic E-state index is 0.0731. The second kappa shape index (κ2) is 7.44. The summed E-state index contributed by atoms with van der Waals surface area (Å²) in [5, 5.41) is 19.5. The number of carboxylic acid groups (broad SMARTS) is 1. The van der Waals surface area contributed by atoms with Crippen LogP contribution in [-0.2, 0) is 4.74 Å². The Hall–Kier alpha value is -2.35. The van der Waals surface area contributed by atoms with Crippen molar-refractivity contribution < 1.29 is 24.4 Å². The van der Waals surface area contributed by atoms with Crippen molar-refractivity contribution in [2.24, 2.45) is 0 Å². The van der Waals surface area contributed by atoms with Crippen molar-refractivity contribution in [3.63, 3.8) is 0 Å². The zero-order chi connectivity index (χ0) is 16.0. The summed E-state index contributed by atoms with van der Waals surface area (Å²) in [5.74, 6) is 0. The van der Waals surface area contributed by atoms with Crippen molar-refractivity contribution in [1.29, 1.82) is 0 Å². The van der Waals surface area contributed by atoms with Crippen LogP contribution in [-0.4, -0.2) is 28.8 Å². The van der Waals surface area contributed by atoms with Crippen molar-refractivity contribution in [2.45, 2.75) is 19.8 Å². The van der Waals surface area contributed by atoms with Crippen LogP contribution >= 0.6 is 11.6 Å². The van der Waals surface area contributed by atoms with Crippen molar-refractivity contribution >= 4 is 35.2 Å². The van der Waals surface area contributed by atoms with E-state index < -0.39 is 17.1 Å². The second-order valence-corrected chi connectivity index (χ2v) is 4.39. The number of hydrogen-bond acceptors (Lipinski definition) is 5. The van der Waals surface area contributed by atoms with E-state index in [1.54, 1.807) is 0 Å². The number of non-ortho nitro benzene ring substituents is 1. The largest absolute Gasteiger partial charge is 0.464 e. The Morgan fingerprint density at radius 1 is 1.48 bits per heavy atom. The first-order valence-corrected chi connectivity index (χ1v) is 6.40. The van der Waals surface area contributed by atoms with Gasteiger partial charge in [-0.05, 0) is 12.5 Å². The standard InChI is InChI=1S/C12H13ClN2O6/c1-2-3-6-21-12(18)14(11(16)17)10-5-4-8(15(19)20)7-9(10)13/h4-5,7H,2-3,6H2,1H3,(H,16,17). The van der Waals surface area contributed by atoms with Crippen molar-refractivity contribution in [3.05, 3.63) is 33.3 Å². The number of hydrogen-bond donors (Lipinski definition) is 1. The summed E-state index contributed by atoms with van der Waals surface area (Å²) >= 11 is 5.80. The first-order valence-electron chi connectivity index (χ1n) is 6.02. The van der Waals surface area contributed by atoms with Crippen LogP contribution in [0.4, 0.5) is 21.0 Å². The molecule has 8 nitrogen and oxygen atoms in total. The lowest BCUT2D eigenvalue weighted by atomic mass is 10.2. The molecule has 0 aliphatic rings. The summed E-state index contributed by atoms with van der Waals surface area (Å²) in [6, 6.07) is 3.10. The average Bonchev–Trinajstić information content (AvgIpc) is 2.40. The monoisotopic (exact) mass is 316 g/mol. The highest BCUT2D eigenvalue weighted by Gasteiger charge is 2.27. The molecule has 0 unspecified atom stereocenters. The van der Waals surface area contributed by atoms with E-state index in [0.29, 0.717) is 11.3 Å². The Morgan fingerprint density at radius 2 is 2.14 bits per heavy atom. The van der Waals surface area contributed by atoms with Gasteiger partial charge in [0, 0.05) is 12.1 Å². The van der Waals surface area contributed by atoms with Gasteiger partial charge in [0.1, 0.15) is 0 Å². The molecule has 0 aliphatic carbocycles. The molecule has 0 saturated carbocycles. The molecule has 0 spiro atoms. The zero-order valence-electron chi connectivity index (χ0n) is 11.1. The molecular formula is C12H13ClN2O6. The minimum atomic E-state index is -1.59. The highest BCUT2D eigenvalue weighted by atomic mass is 35.5. The van der Waals surface area contributed by atoms with Gasteiger partial charge < -0.3 is 9.84 Å². The first-order chi connectivity index (χ1) is 9.88. The smallest absolute Gasteiger partial charge is 0.424 e. The topological polar surface area (TPSA) is 110 Å². The third-order valence-corrected chi connectivity index (χ3v) is 2.78. The van der Waals surface area contributed by atoms with Gasteiger partial charge in [-0.1, -0.05) is 24.9 Å². The summed E-state index contributed by atoms with van der Waals surface area (Å²) in [6.07, 6.45) is -1.33. The Bertz CT molecular complexity index is 563. The molecule has 0 fully saturated rings. The van der Waals surface area contributed by atoms with Crippen LogP contribution in [0.2, 0.25) is 5.02 Å². The summed E-state index contributed by atoms with van der Waals surface area (Å²) in [7, 11) is 0. The number of carbonyl (C=O) groups is 2. The number of amides is 2. The van der Waals surface area contributed by atoms with Gasteiger partial charge in [-0.2, -0.15) is 4.90 Å². The van der Waals surface area contributed by atoms with Gasteiger partial charge in [-0.15, -0.1) is 0 Å². The van der Waals surface area contributed by atoms with Gasteiger partial charge in [-0.3, -0.25) is 10.1 Å². The molecule has 0 aromatic heterocycles. The Labute approximate surface area is 125 Å². The summed E-state index contributed by atoms with van der Waals surface area (Å²) in [4.78, 5) is 33.2. The number of benzene rings is 1. The Balaban J connectivity index is 3.03. The average molecular weight is 317 g/mol. The van der Waals surface area contributed by atoms with Crippen molar-refractivity contribution in [1.82, 2.24) is 0 Å². The lowest BCUT2D eigenvalue weighted by molar-refractivity contribution is -0.384. The maximum Gasteiger partial charge on any atom is 0.424 e. The molecule has 21 heavy (non-hydrogen) atoms. The van der Waals surface area contributed by atoms with Crippen molar-refractivity contribution in [2.75, 3.05) is 11.5 Å². The van der Waals surface area contributed by atoms with E-state index >= 15 is 0 Å². The fourth-order valence-electron chi connectivity index (χ4n) is 1.44. The molecular weight excluding hydrogens is 304 g/mol. The van der Waals surface area contributed by atoms with Crippen LogP contribution in [0.3, 0.4) is 0 Å². The number of ether oxygens (including phenoxy) is 1. The number of rotatable bonds is 5. The van der Waals surface area contributed by atoms with Crippen molar-refractivity contribution in [3.8, 4) is 0 Å². The molecule has 0 aliphatic heterocycles. The molecule has 1 aromatic rings. The fourth-order valence-corrected chi connectivity index (χ4v) is 1.70. The number of carbonyl (C=O) groups excluding carboxylic acids is 1. The third-order valence-electron chi connectivity index (χ3n) is 2.48. The molecule has 0 heterocycles. The van der Waals surface area contributed by atoms with Crippen LogP contribution in [0.1, 0.15) is 19.8 Å². The van der Waals surface area contributed by atoms with E-state index in [1.165, 1.54) is 0 Å². The summed E-state index contributed by atoms with van der Waals surface area (Å²) < 4.78 is 4.81. The van der Waals surface area contributed by atoms with Gasteiger partial charge in [-0.25, -0.2) is 9.59 Å². The number of unbranched alkanes of at least 4 members (excludes halogenated alkanes) is 1. The summed E-state index contributed by atoms with van der Waals surface area (Å²) in [5.41, 5.74) is -0.510. The molecule has 0 atom stereocenters. The highest BCUT2D eigenvalue weighted by molar-refractivity contribution is 6.35. The second-order valence-electron chi connectivity index (χ2n) is 3.98. The van der Waals surface area contributed by atoms with Crippen LogP contribution in [0.15, 0.2) is 18.2 Å². The van der Waals surface area contributed by atoms with Crippen LogP contribution in [0.5, 0.6) is 0 Å². The lowest BCUT2D eigenvalue weighted by Gasteiger charge is -2.18. The molecule has 1 N–H and O–H groups in total. The Morgan fingerprint density at radius 3 is 2.62 bits per heavy atom. The number of imide groups is 1. The zero-order valence-corrected chi connectivity index (χ0v) is 11.9. The van der Waals surface area contributed by atoms with Gasteiger partial charge in [0.2, 0.25) is 0 Å². The maximum atomic E-state index is 11.8. The number of anilines is 1. The van der Waals surface area contributed by atoms with Gasteiger partial charge in [0.15, 0.2) is 0 Å². The van der Waals surface area contributed by atoms with E-state index in [0.717, 1.165) is 24.6 Å². The normalized spacial score (nSPS) is 10.0. The van der Waals surface area contributed by atoms with E-state index in [2.05, 4.69) is 0 Å². The molecule has 0 radical (unpaired) electrons. The van der Waals surface area contributed by atoms with E-state index in [1.807, 2.05) is 6.92 Å². The number of nitrogens with zero attached hydrogens (tertiary/aromatic N) is 2. The molecule has 114 valence electrons. The van der Waals surface area contributed by atoms with E-state index in [9.17, 15) is 19.7 Å². The van der Waals surface area contributed by atoms with E-state index in [-0.39, 0.29) is 23.0 Å². The Kier molecular flexibility index (Phi) is 5.92. The van der Waals surface area contributed by atoms with Crippen LogP contribution < -0.4 is 4.90 Å². The molecule has 0 saturated heterocycles. The third kappa shape index (κ3) is 4.32. The number of nitro groups is 1. The summed E-state index contributed by atoms with van der Waals surface area (Å²) in [6.45, 7) is 1.96. The molecule has 0 bridgehead atoms. The van der Waals surface area contributed by atoms with Gasteiger partial charge in [0.25, 0.3) is 5.69 Å². The maximum absolute atomic E-state index is 11.8. The predicted octanol–water partition coefficient (Wildman–Crippen LogP) is 3.67. The quantitative estimate of drug-likeness (QED) is 0.504. The van der Waals surface area contributed by atoms with Gasteiger partial charge in [0.05, 0.1) is 22.2 Å². The fraction of sp³-hybridized carbons (Fsp3) is 0.333. The molecule has 1 aromatic carbocycles. The highest BCUT2D eigenvalue weighted by Crippen LogP contribution is 2.30. The lowest BCUT2D eigenvalue weighted by Crippen LogP contribution is -2.36. The van der Waals surface area contributed by atoms with E-state index in [4.69, 9.17) is 21.4 Å². The van der Waals surface area contributed by atoms with Crippen LogP contribution in [0.25, 0.3) is 0 Å². The molecule has 1 rings (SSSR count). The van der Waals surface area contributed by atoms with Gasteiger partial charge >= 0.3 is 12.2 Å². The first kappa shape index (κ1) is 16.7. The minimum Gasteiger partial charge on any atom is -0.464 e. The number of nitro benzene ring substituents is 1.